The zero-order chi connectivity index (χ0) is 14.8. The first kappa shape index (κ1) is 14.3. The third-order valence-corrected chi connectivity index (χ3v) is 8.03. The molecule has 0 aromatic rings. The molecular weight excluding hydrogens is 260 g/mol. The molecule has 0 amide bonds. The summed E-state index contributed by atoms with van der Waals surface area (Å²) in [6.07, 6.45) is 11.2. The molecule has 0 spiro atoms. The van der Waals surface area contributed by atoms with Crippen LogP contribution < -0.4 is 0 Å². The summed E-state index contributed by atoms with van der Waals surface area (Å²) in [5, 5.41) is 20.5. The Balaban J connectivity index is 1.68. The van der Waals surface area contributed by atoms with E-state index in [2.05, 4.69) is 19.9 Å². The highest BCUT2D eigenvalue weighted by molar-refractivity contribution is 5.25. The fraction of sp³-hybridized carbons (Fsp3) is 0.895. The van der Waals surface area contributed by atoms with Crippen LogP contribution in [0, 0.1) is 28.6 Å². The van der Waals surface area contributed by atoms with E-state index in [1.807, 2.05) is 0 Å². The van der Waals surface area contributed by atoms with Crippen LogP contribution in [0.15, 0.2) is 11.6 Å². The molecule has 4 aliphatic rings. The zero-order valence-electron chi connectivity index (χ0n) is 13.5. The number of fused-ring (bicyclic) bond motifs is 5. The van der Waals surface area contributed by atoms with Crippen LogP contribution in [0.4, 0.5) is 0 Å². The molecule has 0 bridgehead atoms. The normalized spacial score (nSPS) is 56.2. The average Bonchev–Trinajstić information content (AvgIpc) is 2.76. The predicted molar refractivity (Wildman–Crippen MR) is 83.7 cm³/mol. The van der Waals surface area contributed by atoms with Gasteiger partial charge < -0.3 is 10.2 Å². The van der Waals surface area contributed by atoms with Crippen LogP contribution in [0.25, 0.3) is 0 Å². The lowest BCUT2D eigenvalue weighted by molar-refractivity contribution is -0.0711. The van der Waals surface area contributed by atoms with Gasteiger partial charge in [-0.05, 0) is 80.0 Å². The van der Waals surface area contributed by atoms with E-state index >= 15 is 0 Å². The fourth-order valence-electron chi connectivity index (χ4n) is 6.61. The molecule has 0 radical (unpaired) electrons. The smallest absolute Gasteiger partial charge is 0.0596 e. The third-order valence-electron chi connectivity index (χ3n) is 8.03. The van der Waals surface area contributed by atoms with Crippen molar-refractivity contribution in [3.63, 3.8) is 0 Å². The standard InChI is InChI=1S/C19H30O2/c1-18-9-7-13(20)11-12(18)3-4-14-15-5-6-17(21)19(15,2)10-8-16(14)18/h3,13-17,20-21H,4-11H2,1-2H3/t13-,14?,15?,16?,17+,18+,19+/m1/s1. The monoisotopic (exact) mass is 290 g/mol. The minimum atomic E-state index is -0.108. The van der Waals surface area contributed by atoms with Crippen molar-refractivity contribution in [1.29, 1.82) is 0 Å². The topological polar surface area (TPSA) is 40.5 Å². The molecule has 3 fully saturated rings. The second-order valence-electron chi connectivity index (χ2n) is 8.79. The minimum Gasteiger partial charge on any atom is -0.393 e. The molecule has 7 atom stereocenters. The molecule has 0 aromatic carbocycles. The Bertz CT molecular complexity index is 470. The largest absolute Gasteiger partial charge is 0.393 e. The van der Waals surface area contributed by atoms with Gasteiger partial charge in [0, 0.05) is 0 Å². The Kier molecular flexibility index (Phi) is 3.11. The molecule has 2 nitrogen and oxygen atoms in total. The molecule has 3 unspecified atom stereocenters. The van der Waals surface area contributed by atoms with Gasteiger partial charge in [-0.15, -0.1) is 0 Å². The summed E-state index contributed by atoms with van der Waals surface area (Å²) in [4.78, 5) is 0. The summed E-state index contributed by atoms with van der Waals surface area (Å²) in [5.74, 6) is 2.27. The maximum absolute atomic E-state index is 10.5. The molecule has 0 aromatic heterocycles. The quantitative estimate of drug-likeness (QED) is 0.668. The maximum Gasteiger partial charge on any atom is 0.0596 e. The van der Waals surface area contributed by atoms with Crippen LogP contribution in [-0.2, 0) is 0 Å². The van der Waals surface area contributed by atoms with Crippen LogP contribution in [0.1, 0.15) is 65.2 Å². The van der Waals surface area contributed by atoms with Gasteiger partial charge in [0.2, 0.25) is 0 Å². The molecule has 118 valence electrons. The molecule has 4 rings (SSSR count). The van der Waals surface area contributed by atoms with Crippen molar-refractivity contribution in [1.82, 2.24) is 0 Å². The molecule has 0 saturated heterocycles. The van der Waals surface area contributed by atoms with E-state index in [-0.39, 0.29) is 17.6 Å². The third kappa shape index (κ3) is 1.84. The first-order valence-electron chi connectivity index (χ1n) is 9.01. The second-order valence-corrected chi connectivity index (χ2v) is 8.79. The molecule has 0 heterocycles. The molecule has 0 aliphatic heterocycles. The number of rotatable bonds is 0. The number of allylic oxidation sites excluding steroid dienone is 1. The predicted octanol–water partition coefficient (Wildman–Crippen LogP) is 3.67. The zero-order valence-corrected chi connectivity index (χ0v) is 13.5. The summed E-state index contributed by atoms with van der Waals surface area (Å²) < 4.78 is 0. The van der Waals surface area contributed by atoms with Gasteiger partial charge in [0.05, 0.1) is 12.2 Å². The van der Waals surface area contributed by atoms with E-state index in [0.717, 1.165) is 37.5 Å². The summed E-state index contributed by atoms with van der Waals surface area (Å²) >= 11 is 0. The highest BCUT2D eigenvalue weighted by Gasteiger charge is 2.58. The fourth-order valence-corrected chi connectivity index (χ4v) is 6.61. The molecular formula is C19H30O2. The van der Waals surface area contributed by atoms with Crippen LogP contribution in [0.3, 0.4) is 0 Å². The number of hydrogen-bond acceptors (Lipinski definition) is 2. The number of aliphatic hydroxyl groups is 2. The van der Waals surface area contributed by atoms with E-state index < -0.39 is 0 Å². The van der Waals surface area contributed by atoms with Crippen molar-refractivity contribution in [2.45, 2.75) is 77.4 Å². The van der Waals surface area contributed by atoms with E-state index in [9.17, 15) is 10.2 Å². The van der Waals surface area contributed by atoms with Crippen LogP contribution in [0.2, 0.25) is 0 Å². The minimum absolute atomic E-state index is 0.0742. The Morgan fingerprint density at radius 1 is 1.00 bits per heavy atom. The van der Waals surface area contributed by atoms with Crippen molar-refractivity contribution in [3.8, 4) is 0 Å². The Labute approximate surface area is 128 Å². The van der Waals surface area contributed by atoms with Crippen molar-refractivity contribution in [3.05, 3.63) is 11.6 Å². The number of hydrogen-bond donors (Lipinski definition) is 2. The van der Waals surface area contributed by atoms with Crippen LogP contribution in [0.5, 0.6) is 0 Å². The van der Waals surface area contributed by atoms with Gasteiger partial charge in [-0.3, -0.25) is 0 Å². The van der Waals surface area contributed by atoms with Gasteiger partial charge in [-0.25, -0.2) is 0 Å². The molecule has 4 aliphatic carbocycles. The summed E-state index contributed by atoms with van der Waals surface area (Å²) in [7, 11) is 0. The summed E-state index contributed by atoms with van der Waals surface area (Å²) in [6, 6.07) is 0. The van der Waals surface area contributed by atoms with Crippen molar-refractivity contribution in [2.24, 2.45) is 28.6 Å². The van der Waals surface area contributed by atoms with Gasteiger partial charge in [0.1, 0.15) is 0 Å². The molecule has 2 heteroatoms. The van der Waals surface area contributed by atoms with Gasteiger partial charge in [0.15, 0.2) is 0 Å². The van der Waals surface area contributed by atoms with Crippen molar-refractivity contribution >= 4 is 0 Å². The lowest BCUT2D eigenvalue weighted by Crippen LogP contribution is -2.51. The molecule has 2 N–H and O–H groups in total. The van der Waals surface area contributed by atoms with Gasteiger partial charge in [-0.2, -0.15) is 0 Å². The Morgan fingerprint density at radius 3 is 2.62 bits per heavy atom. The van der Waals surface area contributed by atoms with E-state index in [1.54, 1.807) is 5.57 Å². The van der Waals surface area contributed by atoms with E-state index in [4.69, 9.17) is 0 Å². The van der Waals surface area contributed by atoms with Gasteiger partial charge in [-0.1, -0.05) is 25.5 Å². The van der Waals surface area contributed by atoms with E-state index in [1.165, 1.54) is 25.7 Å². The lowest BCUT2D eigenvalue weighted by atomic mass is 9.48. The molecule has 21 heavy (non-hydrogen) atoms. The summed E-state index contributed by atoms with van der Waals surface area (Å²) in [5.41, 5.74) is 2.05. The average molecular weight is 290 g/mol. The Hall–Kier alpha value is -0.340. The SMILES string of the molecule is C[C@]12CC[C@@H](O)CC1=CCC1C2CC[C@@]2(C)C1CC[C@@H]2O. The summed E-state index contributed by atoms with van der Waals surface area (Å²) in [6.45, 7) is 4.81. The lowest BCUT2D eigenvalue weighted by Gasteiger charge is -2.57. The maximum atomic E-state index is 10.5. The highest BCUT2D eigenvalue weighted by atomic mass is 16.3. The van der Waals surface area contributed by atoms with Crippen molar-refractivity contribution in [2.75, 3.05) is 0 Å². The number of aliphatic hydroxyl groups excluding tert-OH is 2. The Morgan fingerprint density at radius 2 is 1.81 bits per heavy atom. The van der Waals surface area contributed by atoms with Gasteiger partial charge in [0.25, 0.3) is 0 Å². The second kappa shape index (κ2) is 4.58. The first-order valence-corrected chi connectivity index (χ1v) is 9.01. The first-order chi connectivity index (χ1) is 9.95. The van der Waals surface area contributed by atoms with Gasteiger partial charge >= 0.3 is 0 Å². The van der Waals surface area contributed by atoms with E-state index in [0.29, 0.717) is 11.3 Å². The van der Waals surface area contributed by atoms with Crippen LogP contribution in [-0.4, -0.2) is 22.4 Å². The molecule has 3 saturated carbocycles. The van der Waals surface area contributed by atoms with Crippen LogP contribution >= 0.6 is 0 Å². The van der Waals surface area contributed by atoms with Crippen molar-refractivity contribution < 1.29 is 10.2 Å². The highest BCUT2D eigenvalue weighted by Crippen LogP contribution is 2.64.